The molecule has 0 fully saturated rings. The quantitative estimate of drug-likeness (QED) is 0.0321. The Kier molecular flexibility index (Phi) is 32.4. The summed E-state index contributed by atoms with van der Waals surface area (Å²) in [5.41, 5.74) is 20.7. The van der Waals surface area contributed by atoms with Gasteiger partial charge in [-0.05, 0) is 205 Å². The summed E-state index contributed by atoms with van der Waals surface area (Å²) < 4.78 is 71.9. The van der Waals surface area contributed by atoms with Crippen LogP contribution in [0.4, 0.5) is 51.2 Å². The second-order valence-corrected chi connectivity index (χ2v) is 37.9. The molecule has 10 aromatic carbocycles. The van der Waals surface area contributed by atoms with Crippen LogP contribution in [0.5, 0.6) is 34.5 Å². The molecule has 4 amide bonds. The van der Waals surface area contributed by atoms with Crippen LogP contribution in [0.3, 0.4) is 0 Å². The van der Waals surface area contributed by atoms with E-state index in [0.29, 0.717) is 188 Å². The first-order valence-corrected chi connectivity index (χ1v) is 49.4. The number of Topliss-reactive ketones (excluding diaryl/α,β-unsaturated/α-hetero) is 2. The second kappa shape index (κ2) is 46.0. The molecule has 0 aromatic heterocycles. The highest BCUT2D eigenvalue weighted by atomic mass is 16.6. The lowest BCUT2D eigenvalue weighted by molar-refractivity contribution is -0.122. The van der Waals surface area contributed by atoms with Crippen molar-refractivity contribution < 1.29 is 85.6 Å². The van der Waals surface area contributed by atoms with Crippen molar-refractivity contribution >= 4 is 98.8 Å². The largest absolute Gasteiger partial charge is 0.493 e. The van der Waals surface area contributed by atoms with Crippen molar-refractivity contribution in [3.63, 3.8) is 0 Å². The highest BCUT2D eigenvalue weighted by Gasteiger charge is 2.43. The number of aliphatic imine (C=N–C) groups is 2. The fraction of sp³-hybridized carbons (Fsp3) is 0.404. The van der Waals surface area contributed by atoms with E-state index >= 15 is 0 Å². The number of hydrogen-bond donors (Lipinski definition) is 0. The molecule has 18 rings (SSSR count). The molecule has 0 saturated carbocycles. The Morgan fingerprint density at radius 1 is 0.376 bits per heavy atom. The van der Waals surface area contributed by atoms with Crippen LogP contribution in [-0.2, 0) is 96.5 Å². The standard InChI is InChI=1S/C57H65N5O9.C57H64N4O9/c1-37(2)52(63)16-11-17-60(18-19-68-22-23-69-21-20-66-5)43-26-39(35-70-53-31-48-46(24-38(53)3)56(64)61-44(33-58-48)28-41-12-7-9-14-49(41)61)25-40(27-43)36-71-55-32-51-47(30-54(55)67-6)57(65)62-45(34-59(51)4)29-42-13-8-10-15-50(42)62;1-37(2)52(62)15-10-18-59(19-20-67-23-24-68-22-21-65-4)45-27-39(35-69-53-31-41-16-17-44-29-42-11-6-8-13-50(42)60(44)56(63)47(41)25-38(53)3)26-40(28-45)36-70-55-33-49-48(32-54(55)66-5)57(64)61-46(34-58-49)30-43-12-7-9-14-51(43)61/h7-10,12-15,24-27,30-33,37,44-45H,11,16-23,28-29,34-36H2,1-6H3;6-9,11-14,25-28,31-34,37,44,46H,10,15-24,29-30,35-36H2,1-5H3/t44-,45-;44-,46+/m01/s1. The zero-order valence-electron chi connectivity index (χ0n) is 82.8. The number of rotatable bonds is 44. The second-order valence-electron chi connectivity index (χ2n) is 37.9. The summed E-state index contributed by atoms with van der Waals surface area (Å²) in [5.74, 6) is 3.37. The number of benzene rings is 10. The average molecular weight is 1910 g/mol. The molecule has 0 unspecified atom stereocenters. The molecule has 141 heavy (non-hydrogen) atoms. The molecule has 27 heteroatoms. The van der Waals surface area contributed by atoms with E-state index in [2.05, 4.69) is 87.5 Å². The number of methoxy groups -OCH3 is 4. The number of carbonyl (C=O) groups excluding carboxylic acids is 6. The van der Waals surface area contributed by atoms with Crippen LogP contribution in [0.2, 0.25) is 0 Å². The lowest BCUT2D eigenvalue weighted by Gasteiger charge is -2.27. The topological polar surface area (TPSA) is 261 Å². The van der Waals surface area contributed by atoms with Gasteiger partial charge in [-0.3, -0.25) is 48.6 Å². The molecular formula is C114H129N9O18. The fourth-order valence-electron chi connectivity index (χ4n) is 20.1. The van der Waals surface area contributed by atoms with Gasteiger partial charge in [-0.15, -0.1) is 0 Å². The number of nitrogens with zero attached hydrogens (tertiary/aromatic N) is 9. The van der Waals surface area contributed by atoms with Crippen LogP contribution in [0, 0.1) is 25.7 Å². The number of ether oxygens (including phenoxy) is 12. The zero-order chi connectivity index (χ0) is 98.3. The summed E-state index contributed by atoms with van der Waals surface area (Å²) in [6.07, 6.45) is 10.7. The van der Waals surface area contributed by atoms with Crippen molar-refractivity contribution in [1.29, 1.82) is 0 Å². The predicted octanol–water partition coefficient (Wildman–Crippen LogP) is 18.4. The number of ketones is 2. The summed E-state index contributed by atoms with van der Waals surface area (Å²) in [5, 5.41) is 0. The molecule has 0 saturated heterocycles. The first kappa shape index (κ1) is 99.3. The Bertz CT molecular complexity index is 6290. The summed E-state index contributed by atoms with van der Waals surface area (Å²) in [6, 6.07) is 59.8. The third-order valence-electron chi connectivity index (χ3n) is 27.6. The van der Waals surface area contributed by atoms with Gasteiger partial charge in [0, 0.05) is 168 Å². The predicted molar refractivity (Wildman–Crippen MR) is 549 cm³/mol. The van der Waals surface area contributed by atoms with Gasteiger partial charge >= 0.3 is 0 Å². The number of likely N-dealkylation sites (N-methyl/N-ethyl adjacent to an activating group) is 1. The van der Waals surface area contributed by atoms with Gasteiger partial charge < -0.3 is 81.3 Å². The SMILES string of the molecule is COCCOCCOCCN(CCCC(=O)C(C)C)c1cc(COc2cc3c(cc2C)C(=O)N2c4ccccc4C[C@H]2C=N3)cc(COc2cc3c(cc2OC)C(=O)N2c4ccccc4C[C@H]2CN3C)c1.COCCOCCOCCN(CCCC(=O)C(C)C)c1cc(COc2cc3c(cc2C)C(=O)N2c4ccccc4C[C@H]2CC3)cc(COc2cc3c(cc2OC)C(=O)N2c4ccccc4C[C@H]2C=N3)c1. The molecule has 738 valence electrons. The van der Waals surface area contributed by atoms with Crippen LogP contribution in [0.15, 0.2) is 192 Å². The molecule has 0 aliphatic carbocycles. The number of fused-ring (bicyclic) bond motifs is 16. The Balaban J connectivity index is 0.000000194. The van der Waals surface area contributed by atoms with Crippen molar-refractivity contribution in [2.75, 3.05) is 169 Å². The Hall–Kier alpha value is -13.3. The first-order chi connectivity index (χ1) is 68.6. The molecule has 10 aromatic rings. The number of amides is 4. The van der Waals surface area contributed by atoms with Crippen LogP contribution in [-0.4, -0.2) is 206 Å². The third kappa shape index (κ3) is 22.8. The normalized spacial score (nSPS) is 16.5. The smallest absolute Gasteiger partial charge is 0.261 e. The van der Waals surface area contributed by atoms with Gasteiger partial charge in [0.2, 0.25) is 0 Å². The fourth-order valence-corrected chi connectivity index (χ4v) is 20.1. The maximum atomic E-state index is 14.3. The van der Waals surface area contributed by atoms with Crippen molar-refractivity contribution in [2.24, 2.45) is 21.8 Å². The molecule has 0 bridgehead atoms. The molecule has 0 N–H and O–H groups in total. The van der Waals surface area contributed by atoms with Gasteiger partial charge in [0.1, 0.15) is 49.5 Å². The molecule has 8 aliphatic rings. The van der Waals surface area contributed by atoms with E-state index in [-0.39, 0.29) is 97.6 Å². The maximum absolute atomic E-state index is 14.3. The lowest BCUT2D eigenvalue weighted by atomic mass is 9.98. The zero-order valence-corrected chi connectivity index (χ0v) is 82.8. The van der Waals surface area contributed by atoms with E-state index in [1.165, 1.54) is 11.1 Å². The molecule has 8 heterocycles. The minimum atomic E-state index is -0.185. The highest BCUT2D eigenvalue weighted by molar-refractivity contribution is 6.17. The van der Waals surface area contributed by atoms with E-state index in [4.69, 9.17) is 66.8 Å². The number of para-hydroxylation sites is 4. The van der Waals surface area contributed by atoms with Crippen LogP contribution < -0.4 is 62.7 Å². The minimum absolute atomic E-state index is 0.00259. The Morgan fingerprint density at radius 2 is 0.752 bits per heavy atom. The monoisotopic (exact) mass is 1910 g/mol. The van der Waals surface area contributed by atoms with Crippen molar-refractivity contribution in [3.05, 3.63) is 265 Å². The van der Waals surface area contributed by atoms with Gasteiger partial charge in [-0.1, -0.05) is 100 Å². The van der Waals surface area contributed by atoms with E-state index in [1.807, 2.05) is 172 Å². The number of hydrogen-bond acceptors (Lipinski definition) is 23. The molecule has 0 radical (unpaired) electrons. The minimum Gasteiger partial charge on any atom is -0.493 e. The Labute approximate surface area is 826 Å². The highest BCUT2D eigenvalue weighted by Crippen LogP contribution is 2.47. The van der Waals surface area contributed by atoms with Gasteiger partial charge in [0.15, 0.2) is 23.0 Å². The summed E-state index contributed by atoms with van der Waals surface area (Å²) in [4.78, 5) is 106. The van der Waals surface area contributed by atoms with E-state index < -0.39 is 0 Å². The van der Waals surface area contributed by atoms with Crippen molar-refractivity contribution in [1.82, 2.24) is 0 Å². The summed E-state index contributed by atoms with van der Waals surface area (Å²) >= 11 is 0. The van der Waals surface area contributed by atoms with Crippen LogP contribution in [0.1, 0.15) is 162 Å². The van der Waals surface area contributed by atoms with Gasteiger partial charge in [-0.2, -0.15) is 0 Å². The van der Waals surface area contributed by atoms with Crippen LogP contribution >= 0.6 is 0 Å². The summed E-state index contributed by atoms with van der Waals surface area (Å²) in [7, 11) is 8.47. The lowest BCUT2D eigenvalue weighted by Crippen LogP contribution is -2.41. The van der Waals surface area contributed by atoms with Crippen molar-refractivity contribution in [2.45, 2.75) is 156 Å². The van der Waals surface area contributed by atoms with E-state index in [1.54, 1.807) is 46.6 Å². The number of aryl methyl sites for hydroxylation is 3. The molecule has 4 atom stereocenters. The van der Waals surface area contributed by atoms with Gasteiger partial charge in [0.25, 0.3) is 23.6 Å². The van der Waals surface area contributed by atoms with Crippen LogP contribution in [0.25, 0.3) is 0 Å². The average Bonchev–Trinajstić information content (AvgIpc) is 1.60. The maximum Gasteiger partial charge on any atom is 0.261 e. The first-order valence-electron chi connectivity index (χ1n) is 49.4. The third-order valence-corrected chi connectivity index (χ3v) is 27.6. The van der Waals surface area contributed by atoms with Crippen molar-refractivity contribution in [3.8, 4) is 34.5 Å². The molecule has 0 spiro atoms. The Morgan fingerprint density at radius 3 is 1.22 bits per heavy atom. The van der Waals surface area contributed by atoms with Gasteiger partial charge in [0.05, 0.1) is 132 Å². The number of carbonyl (C=O) groups is 6. The summed E-state index contributed by atoms with van der Waals surface area (Å²) in [6.45, 7) is 20.3. The van der Waals surface area contributed by atoms with Gasteiger partial charge in [-0.25, -0.2) is 0 Å². The molecule has 27 nitrogen and oxygen atoms in total. The molecular weight excluding hydrogens is 1780 g/mol. The number of anilines is 7. The molecule has 8 aliphatic heterocycles. The van der Waals surface area contributed by atoms with E-state index in [9.17, 15) is 28.8 Å². The van der Waals surface area contributed by atoms with E-state index in [0.717, 1.165) is 133 Å².